The van der Waals surface area contributed by atoms with E-state index in [1.807, 2.05) is 13.8 Å². The molecule has 0 bridgehead atoms. The van der Waals surface area contributed by atoms with Crippen LogP contribution in [0.15, 0.2) is 0 Å². The highest BCUT2D eigenvalue weighted by atomic mass is 33.1. The second-order valence-corrected chi connectivity index (χ2v) is 21.0. The zero-order chi connectivity index (χ0) is 51.5. The fraction of sp³-hybridized carbons (Fsp3) is 0.744. The van der Waals surface area contributed by atoms with Gasteiger partial charge in [0.05, 0.1) is 25.1 Å². The number of aliphatic hydroxyl groups excluding tert-OH is 1. The molecule has 11 amide bonds. The third-order valence-electron chi connectivity index (χ3n) is 12.3. The van der Waals surface area contributed by atoms with Crippen LogP contribution in [0.1, 0.15) is 105 Å². The van der Waals surface area contributed by atoms with Crippen LogP contribution < -0.4 is 60.2 Å². The van der Waals surface area contributed by atoms with Gasteiger partial charge < -0.3 is 70.2 Å². The molecule has 26 heteroatoms. The molecule has 0 spiro atoms. The minimum atomic E-state index is -1.74. The molecule has 0 radical (unpaired) electrons. The molecule has 1 aliphatic carbocycles. The van der Waals surface area contributed by atoms with Gasteiger partial charge in [0, 0.05) is 24.5 Å². The van der Waals surface area contributed by atoms with E-state index in [-0.39, 0.29) is 55.6 Å². The van der Waals surface area contributed by atoms with Gasteiger partial charge in [-0.25, -0.2) is 0 Å². The number of primary amides is 3. The Labute approximate surface area is 409 Å². The van der Waals surface area contributed by atoms with Crippen LogP contribution in [-0.4, -0.2) is 154 Å². The van der Waals surface area contributed by atoms with Crippen molar-refractivity contribution < 1.29 is 57.8 Å². The molecule has 2 heterocycles. The average molecular weight is 1010 g/mol. The predicted molar refractivity (Wildman–Crippen MR) is 255 cm³/mol. The smallest absolute Gasteiger partial charge is 0.246 e. The number of amides is 11. The lowest BCUT2D eigenvalue weighted by molar-refractivity contribution is -0.142. The predicted octanol–water partition coefficient (Wildman–Crippen LogP) is -3.62. The van der Waals surface area contributed by atoms with E-state index in [4.69, 9.17) is 22.9 Å². The SMILES string of the molecule is CCC(C)C1NC(=O)C(CC2CCC(O)CC2)NC(=O)C(N)CSSCC(C(=O)N2CCCC2C(=O)NC(CC(C)C)C(=O)NCC(N)=O)NC(=O)C(CC(N)=O)NC(=O)C(CCC(N)=O)NC1=O. The van der Waals surface area contributed by atoms with E-state index >= 15 is 0 Å². The van der Waals surface area contributed by atoms with E-state index in [1.54, 1.807) is 13.8 Å². The largest absolute Gasteiger partial charge is 0.393 e. The standard InChI is InChI=1S/C43H72N12O12S2/c1-5-22(4)35-42(66)49-26(12-13-32(45)57)38(62)51-29(17-33(46)58)39(63)53-30(20-69-68-19-25(44)36(60)50-28(40(64)54-35)16-23-8-10-24(56)11-9-23)43(67)55-14-6-7-31(55)41(65)52-27(15-21(2)3)37(61)48-18-34(47)59/h21-31,35,56H,5-20,44H2,1-4H3,(H2,45,57)(H2,46,58)(H2,47,59)(H,48,61)(H,49,66)(H,50,60)(H,51,62)(H,52,65)(H,53,63)(H,54,64). The molecule has 1 saturated carbocycles. The van der Waals surface area contributed by atoms with Crippen LogP contribution in [0.3, 0.4) is 0 Å². The number of hydrogen-bond acceptors (Lipinski definition) is 15. The van der Waals surface area contributed by atoms with E-state index in [9.17, 15) is 57.8 Å². The number of aliphatic hydroxyl groups is 1. The molecule has 9 atom stereocenters. The number of nitrogens with zero attached hydrogens (tertiary/aromatic N) is 1. The molecule has 24 nitrogen and oxygen atoms in total. The highest BCUT2D eigenvalue weighted by Crippen LogP contribution is 2.29. The minimum Gasteiger partial charge on any atom is -0.393 e. The average Bonchev–Trinajstić information content (AvgIpc) is 3.78. The molecule has 0 aromatic carbocycles. The Morgan fingerprint density at radius 1 is 0.754 bits per heavy atom. The molecule has 388 valence electrons. The summed E-state index contributed by atoms with van der Waals surface area (Å²) in [5.41, 5.74) is 22.5. The van der Waals surface area contributed by atoms with Crippen molar-refractivity contribution in [3.05, 3.63) is 0 Å². The van der Waals surface area contributed by atoms with E-state index in [2.05, 4.69) is 37.2 Å². The zero-order valence-electron chi connectivity index (χ0n) is 39.8. The Hall–Kier alpha value is -5.21. The maximum Gasteiger partial charge on any atom is 0.246 e. The number of nitrogens with one attached hydrogen (secondary N) is 7. The summed E-state index contributed by atoms with van der Waals surface area (Å²) in [5, 5.41) is 28.2. The molecule has 2 aliphatic heterocycles. The van der Waals surface area contributed by atoms with Crippen LogP contribution in [0.4, 0.5) is 0 Å². The number of rotatable bonds is 17. The molecule has 3 aliphatic rings. The summed E-state index contributed by atoms with van der Waals surface area (Å²) < 4.78 is 0. The van der Waals surface area contributed by atoms with Gasteiger partial charge >= 0.3 is 0 Å². The second kappa shape index (κ2) is 28.5. The fourth-order valence-electron chi connectivity index (χ4n) is 8.21. The lowest BCUT2D eigenvalue weighted by Crippen LogP contribution is -2.61. The van der Waals surface area contributed by atoms with Crippen LogP contribution in [0.2, 0.25) is 0 Å². The second-order valence-electron chi connectivity index (χ2n) is 18.4. The van der Waals surface area contributed by atoms with Crippen LogP contribution in [0.25, 0.3) is 0 Å². The van der Waals surface area contributed by atoms with Crippen LogP contribution in [0.5, 0.6) is 0 Å². The number of nitrogens with two attached hydrogens (primary N) is 4. The van der Waals surface area contributed by atoms with Crippen LogP contribution in [0, 0.1) is 17.8 Å². The van der Waals surface area contributed by atoms with Gasteiger partial charge in [0.25, 0.3) is 0 Å². The summed E-state index contributed by atoms with van der Waals surface area (Å²) in [6.07, 6.45) is 1.36. The Morgan fingerprint density at radius 3 is 1.97 bits per heavy atom. The van der Waals surface area contributed by atoms with E-state index in [0.29, 0.717) is 38.5 Å². The molecule has 2 saturated heterocycles. The van der Waals surface area contributed by atoms with Gasteiger partial charge in [-0.15, -0.1) is 0 Å². The molecule has 69 heavy (non-hydrogen) atoms. The normalized spacial score (nSPS) is 27.8. The Morgan fingerprint density at radius 2 is 1.36 bits per heavy atom. The summed E-state index contributed by atoms with van der Waals surface area (Å²) in [4.78, 5) is 148. The molecular formula is C43H72N12O12S2. The van der Waals surface area contributed by atoms with Crippen LogP contribution >= 0.6 is 21.6 Å². The topological polar surface area (TPSA) is 400 Å². The number of hydrogen-bond donors (Lipinski definition) is 12. The van der Waals surface area contributed by atoms with Gasteiger partial charge in [0.2, 0.25) is 65.0 Å². The van der Waals surface area contributed by atoms with Gasteiger partial charge in [-0.3, -0.25) is 52.7 Å². The van der Waals surface area contributed by atoms with Crippen molar-refractivity contribution in [2.75, 3.05) is 24.6 Å². The minimum absolute atomic E-state index is 0.0515. The van der Waals surface area contributed by atoms with Crippen molar-refractivity contribution in [3.8, 4) is 0 Å². The highest BCUT2D eigenvalue weighted by Gasteiger charge is 2.41. The lowest BCUT2D eigenvalue weighted by atomic mass is 9.83. The molecule has 3 rings (SSSR count). The lowest BCUT2D eigenvalue weighted by Gasteiger charge is -2.32. The van der Waals surface area contributed by atoms with Crippen molar-refractivity contribution in [1.82, 2.24) is 42.1 Å². The first-order valence-corrected chi connectivity index (χ1v) is 25.9. The third kappa shape index (κ3) is 19.2. The molecule has 9 unspecified atom stereocenters. The Balaban J connectivity index is 2.03. The van der Waals surface area contributed by atoms with Crippen molar-refractivity contribution >= 4 is 86.6 Å². The first kappa shape index (κ1) is 58.1. The maximum absolute atomic E-state index is 14.5. The van der Waals surface area contributed by atoms with E-state index in [0.717, 1.165) is 21.6 Å². The Bertz CT molecular complexity index is 1870. The number of carbonyl (C=O) groups is 11. The molecular weight excluding hydrogens is 941 g/mol. The Kier molecular flexibility index (Phi) is 24.0. The monoisotopic (exact) mass is 1010 g/mol. The number of likely N-dealkylation sites (tertiary alicyclic amines) is 1. The fourth-order valence-corrected chi connectivity index (χ4v) is 10.5. The molecule has 16 N–H and O–H groups in total. The molecule has 0 aromatic heterocycles. The van der Waals surface area contributed by atoms with E-state index < -0.39 is 145 Å². The number of carbonyl (C=O) groups excluding carboxylic acids is 11. The quantitative estimate of drug-likeness (QED) is 0.0626. The summed E-state index contributed by atoms with van der Waals surface area (Å²) in [5.74, 6) is -10.0. The maximum atomic E-state index is 14.5. The summed E-state index contributed by atoms with van der Waals surface area (Å²) in [6.45, 7) is 6.69. The van der Waals surface area contributed by atoms with Crippen LogP contribution in [-0.2, 0) is 52.7 Å². The summed E-state index contributed by atoms with van der Waals surface area (Å²) in [6, 6.07) is -10.6. The van der Waals surface area contributed by atoms with Gasteiger partial charge in [-0.1, -0.05) is 55.7 Å². The van der Waals surface area contributed by atoms with Gasteiger partial charge in [0.15, 0.2) is 0 Å². The first-order valence-electron chi connectivity index (χ1n) is 23.4. The van der Waals surface area contributed by atoms with Crippen molar-refractivity contribution in [2.24, 2.45) is 40.7 Å². The van der Waals surface area contributed by atoms with Crippen molar-refractivity contribution in [3.63, 3.8) is 0 Å². The van der Waals surface area contributed by atoms with Crippen molar-refractivity contribution in [2.45, 2.75) is 159 Å². The summed E-state index contributed by atoms with van der Waals surface area (Å²) in [7, 11) is 2.10. The van der Waals surface area contributed by atoms with Gasteiger partial charge in [-0.2, -0.15) is 0 Å². The van der Waals surface area contributed by atoms with Gasteiger partial charge in [0.1, 0.15) is 42.3 Å². The summed E-state index contributed by atoms with van der Waals surface area (Å²) >= 11 is 0. The first-order chi connectivity index (χ1) is 32.5. The van der Waals surface area contributed by atoms with Crippen molar-refractivity contribution in [1.29, 1.82) is 0 Å². The zero-order valence-corrected chi connectivity index (χ0v) is 41.4. The molecule has 0 aromatic rings. The third-order valence-corrected chi connectivity index (χ3v) is 14.7. The van der Waals surface area contributed by atoms with E-state index in [1.165, 1.54) is 4.90 Å². The highest BCUT2D eigenvalue weighted by molar-refractivity contribution is 8.76. The van der Waals surface area contributed by atoms with Gasteiger partial charge in [-0.05, 0) is 75.5 Å². The molecule has 3 fully saturated rings.